The molecule has 0 radical (unpaired) electrons. The second kappa shape index (κ2) is 8.78. The van der Waals surface area contributed by atoms with E-state index in [1.165, 1.54) is 6.33 Å². The zero-order valence-corrected chi connectivity index (χ0v) is 18.5. The Morgan fingerprint density at radius 1 is 1.00 bits per heavy atom. The van der Waals surface area contributed by atoms with E-state index >= 15 is 0 Å². The molecule has 2 N–H and O–H groups in total. The summed E-state index contributed by atoms with van der Waals surface area (Å²) in [6, 6.07) is 19.2. The minimum Gasteiger partial charge on any atom is -0.340 e. The Morgan fingerprint density at radius 2 is 1.69 bits per heavy atom. The predicted octanol–water partition coefficient (Wildman–Crippen LogP) is 4.47. The summed E-state index contributed by atoms with van der Waals surface area (Å²) in [4.78, 5) is 35.3. The van der Waals surface area contributed by atoms with Crippen molar-refractivity contribution < 1.29 is 9.59 Å². The Hall–Kier alpha value is -3.74. The maximum atomic E-state index is 12.7. The third-order valence-corrected chi connectivity index (χ3v) is 5.47. The highest BCUT2D eigenvalue weighted by Gasteiger charge is 2.39. The second-order valence-electron chi connectivity index (χ2n) is 8.92. The fourth-order valence-corrected chi connectivity index (χ4v) is 3.75. The van der Waals surface area contributed by atoms with Crippen LogP contribution < -0.4 is 10.6 Å². The highest BCUT2D eigenvalue weighted by molar-refractivity contribution is 5.97. The van der Waals surface area contributed by atoms with Crippen LogP contribution in [0.5, 0.6) is 0 Å². The van der Waals surface area contributed by atoms with Gasteiger partial charge in [-0.05, 0) is 45.0 Å². The fourth-order valence-electron chi connectivity index (χ4n) is 3.75. The molecular weight excluding hydrogens is 402 g/mol. The number of hydrogen-bond donors (Lipinski definition) is 2. The number of carbonyl (C=O) groups excluding carboxylic acids is 2. The van der Waals surface area contributed by atoms with E-state index in [2.05, 4.69) is 20.6 Å². The van der Waals surface area contributed by atoms with E-state index in [0.29, 0.717) is 18.1 Å². The average Bonchev–Trinajstić information content (AvgIpc) is 3.18. The van der Waals surface area contributed by atoms with Crippen LogP contribution in [0.1, 0.15) is 27.2 Å². The summed E-state index contributed by atoms with van der Waals surface area (Å²) < 4.78 is 0. The molecule has 2 amide bonds. The molecule has 0 aliphatic carbocycles. The minimum atomic E-state index is -0.336. The highest BCUT2D eigenvalue weighted by atomic mass is 16.2. The lowest BCUT2D eigenvalue weighted by molar-refractivity contribution is -0.131. The molecule has 164 valence electrons. The first kappa shape index (κ1) is 21.5. The fraction of sp³-hybridized carbons (Fsp3) is 0.280. The topological polar surface area (TPSA) is 87.2 Å². The smallest absolute Gasteiger partial charge is 0.229 e. The maximum Gasteiger partial charge on any atom is 0.229 e. The van der Waals surface area contributed by atoms with Gasteiger partial charge in [-0.1, -0.05) is 30.3 Å². The first-order valence-corrected chi connectivity index (χ1v) is 10.7. The van der Waals surface area contributed by atoms with Crippen molar-refractivity contribution in [2.75, 3.05) is 17.2 Å². The van der Waals surface area contributed by atoms with Gasteiger partial charge in [0.2, 0.25) is 11.8 Å². The monoisotopic (exact) mass is 429 g/mol. The molecule has 1 saturated heterocycles. The lowest BCUT2D eigenvalue weighted by atomic mass is 10.1. The van der Waals surface area contributed by atoms with Crippen molar-refractivity contribution in [2.45, 2.75) is 32.7 Å². The summed E-state index contributed by atoms with van der Waals surface area (Å²) in [6.45, 7) is 6.40. The Labute approximate surface area is 187 Å². The van der Waals surface area contributed by atoms with Gasteiger partial charge in [0.05, 0.1) is 11.6 Å². The Bertz CT molecular complexity index is 1110. The van der Waals surface area contributed by atoms with Crippen molar-refractivity contribution in [3.05, 3.63) is 67.0 Å². The number of carbonyl (C=O) groups is 2. The molecule has 2 heterocycles. The van der Waals surface area contributed by atoms with Gasteiger partial charge < -0.3 is 15.5 Å². The van der Waals surface area contributed by atoms with E-state index in [4.69, 9.17) is 0 Å². The molecule has 1 aliphatic heterocycles. The van der Waals surface area contributed by atoms with Crippen LogP contribution in [-0.2, 0) is 9.59 Å². The van der Waals surface area contributed by atoms with Crippen LogP contribution in [-0.4, -0.2) is 38.8 Å². The van der Waals surface area contributed by atoms with Crippen molar-refractivity contribution in [2.24, 2.45) is 5.92 Å². The number of hydrogen-bond acceptors (Lipinski definition) is 5. The normalized spacial score (nSPS) is 16.2. The summed E-state index contributed by atoms with van der Waals surface area (Å²) in [5.74, 6) is 0.241. The SMILES string of the molecule is CC(C)(C)N1CC(C(=O)Nc2ccc(Nc3cc(-c4ccccc4)ncn3)cc2)CC1=O. The summed E-state index contributed by atoms with van der Waals surface area (Å²) in [7, 11) is 0. The van der Waals surface area contributed by atoms with Crippen LogP contribution in [0.15, 0.2) is 67.0 Å². The first-order valence-electron chi connectivity index (χ1n) is 10.7. The van der Waals surface area contributed by atoms with Gasteiger partial charge in [-0.3, -0.25) is 9.59 Å². The summed E-state index contributed by atoms with van der Waals surface area (Å²) in [6.07, 6.45) is 1.78. The van der Waals surface area contributed by atoms with E-state index in [1.54, 1.807) is 4.90 Å². The molecule has 2 aromatic carbocycles. The van der Waals surface area contributed by atoms with E-state index in [9.17, 15) is 9.59 Å². The van der Waals surface area contributed by atoms with E-state index < -0.39 is 0 Å². The molecule has 1 fully saturated rings. The Balaban J connectivity index is 1.38. The molecule has 1 aromatic heterocycles. The molecular formula is C25H27N5O2. The molecule has 7 heteroatoms. The van der Waals surface area contributed by atoms with Gasteiger partial charge in [0, 0.05) is 41.5 Å². The number of nitrogens with zero attached hydrogens (tertiary/aromatic N) is 3. The van der Waals surface area contributed by atoms with Crippen LogP contribution in [0.2, 0.25) is 0 Å². The summed E-state index contributed by atoms with van der Waals surface area (Å²) in [5, 5.41) is 6.19. The molecule has 32 heavy (non-hydrogen) atoms. The van der Waals surface area contributed by atoms with Crippen molar-refractivity contribution in [1.29, 1.82) is 0 Å². The lowest BCUT2D eigenvalue weighted by Crippen LogP contribution is -2.42. The Morgan fingerprint density at radius 3 is 2.34 bits per heavy atom. The third-order valence-electron chi connectivity index (χ3n) is 5.47. The number of nitrogens with one attached hydrogen (secondary N) is 2. The zero-order chi connectivity index (χ0) is 22.7. The second-order valence-corrected chi connectivity index (χ2v) is 8.92. The predicted molar refractivity (Wildman–Crippen MR) is 125 cm³/mol. The number of benzene rings is 2. The third kappa shape index (κ3) is 4.94. The van der Waals surface area contributed by atoms with Crippen LogP contribution in [0.25, 0.3) is 11.3 Å². The van der Waals surface area contributed by atoms with Gasteiger partial charge in [-0.2, -0.15) is 0 Å². The quantitative estimate of drug-likeness (QED) is 0.625. The largest absolute Gasteiger partial charge is 0.340 e. The number of aromatic nitrogens is 2. The number of amides is 2. The van der Waals surface area contributed by atoms with Crippen molar-refractivity contribution in [3.63, 3.8) is 0 Å². The van der Waals surface area contributed by atoms with Crippen molar-refractivity contribution in [1.82, 2.24) is 14.9 Å². The molecule has 0 saturated carbocycles. The van der Waals surface area contributed by atoms with Gasteiger partial charge in [0.15, 0.2) is 0 Å². The van der Waals surface area contributed by atoms with Crippen LogP contribution in [0.4, 0.5) is 17.2 Å². The minimum absolute atomic E-state index is 0.0249. The highest BCUT2D eigenvalue weighted by Crippen LogP contribution is 2.27. The van der Waals surface area contributed by atoms with E-state index in [-0.39, 0.29) is 29.7 Å². The van der Waals surface area contributed by atoms with Gasteiger partial charge >= 0.3 is 0 Å². The van der Waals surface area contributed by atoms with Crippen LogP contribution in [0.3, 0.4) is 0 Å². The summed E-state index contributed by atoms with van der Waals surface area (Å²) >= 11 is 0. The van der Waals surface area contributed by atoms with E-state index in [0.717, 1.165) is 16.9 Å². The molecule has 7 nitrogen and oxygen atoms in total. The standard InChI is InChI=1S/C25H27N5O2/c1-25(2,3)30-15-18(13-23(30)31)24(32)29-20-11-9-19(10-12-20)28-22-14-21(26-16-27-22)17-7-5-4-6-8-17/h4-12,14,16,18H,13,15H2,1-3H3,(H,29,32)(H,26,27,28). The van der Waals surface area contributed by atoms with Crippen LogP contribution in [0, 0.1) is 5.92 Å². The zero-order valence-electron chi connectivity index (χ0n) is 18.5. The average molecular weight is 430 g/mol. The van der Waals surface area contributed by atoms with Gasteiger partial charge in [-0.15, -0.1) is 0 Å². The molecule has 0 bridgehead atoms. The molecule has 0 spiro atoms. The lowest BCUT2D eigenvalue weighted by Gasteiger charge is -2.31. The number of likely N-dealkylation sites (tertiary alicyclic amines) is 1. The molecule has 1 unspecified atom stereocenters. The molecule has 1 aliphatic rings. The van der Waals surface area contributed by atoms with Crippen LogP contribution >= 0.6 is 0 Å². The van der Waals surface area contributed by atoms with Crippen molar-refractivity contribution >= 4 is 29.0 Å². The van der Waals surface area contributed by atoms with Gasteiger partial charge in [0.25, 0.3) is 0 Å². The Kier molecular flexibility index (Phi) is 5.90. The molecule has 1 atom stereocenters. The first-order chi connectivity index (χ1) is 15.3. The van der Waals surface area contributed by atoms with Gasteiger partial charge in [0.1, 0.15) is 12.1 Å². The number of rotatable bonds is 5. The summed E-state index contributed by atoms with van der Waals surface area (Å²) in [5.41, 5.74) is 3.11. The molecule has 4 rings (SSSR count). The molecule has 3 aromatic rings. The van der Waals surface area contributed by atoms with E-state index in [1.807, 2.05) is 81.4 Å². The number of anilines is 3. The van der Waals surface area contributed by atoms with Gasteiger partial charge in [-0.25, -0.2) is 9.97 Å². The maximum absolute atomic E-state index is 12.7. The van der Waals surface area contributed by atoms with Crippen molar-refractivity contribution in [3.8, 4) is 11.3 Å².